The lowest BCUT2D eigenvalue weighted by molar-refractivity contribution is -0.174. The number of nitrogens with one attached hydrogen (secondary N) is 1. The monoisotopic (exact) mass is 299 g/mol. The SMILES string of the molecule is NNC(CCOCC(F)(F)F)c1cccc2cccnc12. The van der Waals surface area contributed by atoms with Crippen LogP contribution in [0.4, 0.5) is 13.2 Å². The molecule has 1 aromatic carbocycles. The third-order valence-electron chi connectivity index (χ3n) is 3.06. The van der Waals surface area contributed by atoms with E-state index >= 15 is 0 Å². The molecule has 0 aliphatic rings. The third kappa shape index (κ3) is 4.38. The minimum absolute atomic E-state index is 0.0440. The summed E-state index contributed by atoms with van der Waals surface area (Å²) in [6.07, 6.45) is -2.32. The number of nitrogens with zero attached hydrogens (tertiary/aromatic N) is 1. The molecule has 3 N–H and O–H groups in total. The van der Waals surface area contributed by atoms with E-state index in [2.05, 4.69) is 15.1 Å². The fourth-order valence-electron chi connectivity index (χ4n) is 2.13. The maximum Gasteiger partial charge on any atom is 0.411 e. The number of ether oxygens (including phenoxy) is 1. The molecule has 0 radical (unpaired) electrons. The summed E-state index contributed by atoms with van der Waals surface area (Å²) in [6.45, 7) is -1.30. The molecule has 0 fully saturated rings. The van der Waals surface area contributed by atoms with E-state index in [-0.39, 0.29) is 12.6 Å². The average Bonchev–Trinajstić information content (AvgIpc) is 2.46. The standard InChI is InChI=1S/C14H16F3N3O/c15-14(16,17)9-21-8-6-12(20-18)11-5-1-3-10-4-2-7-19-13(10)11/h1-5,7,12,20H,6,8-9,18H2. The summed E-state index contributed by atoms with van der Waals surface area (Å²) in [5.41, 5.74) is 4.22. The molecule has 21 heavy (non-hydrogen) atoms. The van der Waals surface area contributed by atoms with Gasteiger partial charge in [0.05, 0.1) is 11.6 Å². The molecule has 0 bridgehead atoms. The number of fused-ring (bicyclic) bond motifs is 1. The molecular formula is C14H16F3N3O. The Morgan fingerprint density at radius 3 is 2.71 bits per heavy atom. The van der Waals surface area contributed by atoms with Crippen molar-refractivity contribution in [1.82, 2.24) is 10.4 Å². The molecule has 0 spiro atoms. The first-order valence-electron chi connectivity index (χ1n) is 6.45. The van der Waals surface area contributed by atoms with E-state index in [1.54, 1.807) is 6.20 Å². The molecule has 7 heteroatoms. The lowest BCUT2D eigenvalue weighted by atomic mass is 10.0. The van der Waals surface area contributed by atoms with E-state index in [9.17, 15) is 13.2 Å². The number of pyridine rings is 1. The first-order valence-corrected chi connectivity index (χ1v) is 6.45. The zero-order valence-corrected chi connectivity index (χ0v) is 11.2. The van der Waals surface area contributed by atoms with E-state index in [0.29, 0.717) is 6.42 Å². The predicted octanol–water partition coefficient (Wildman–Crippen LogP) is 2.71. The molecule has 1 heterocycles. The summed E-state index contributed by atoms with van der Waals surface area (Å²) < 4.78 is 40.7. The largest absolute Gasteiger partial charge is 0.411 e. The van der Waals surface area contributed by atoms with Gasteiger partial charge in [0.25, 0.3) is 0 Å². The van der Waals surface area contributed by atoms with Crippen LogP contribution in [0.25, 0.3) is 10.9 Å². The van der Waals surface area contributed by atoms with Crippen LogP contribution in [0, 0.1) is 0 Å². The number of alkyl halides is 3. The van der Waals surface area contributed by atoms with Gasteiger partial charge in [0, 0.05) is 18.2 Å². The summed E-state index contributed by atoms with van der Waals surface area (Å²) in [5.74, 6) is 5.51. The molecule has 2 aromatic rings. The van der Waals surface area contributed by atoms with Gasteiger partial charge in [-0.3, -0.25) is 16.3 Å². The topological polar surface area (TPSA) is 60.2 Å². The van der Waals surface area contributed by atoms with Crippen molar-refractivity contribution in [2.24, 2.45) is 5.84 Å². The van der Waals surface area contributed by atoms with E-state index in [1.165, 1.54) is 0 Å². The molecule has 2 rings (SSSR count). The second-order valence-corrected chi connectivity index (χ2v) is 4.60. The molecule has 4 nitrogen and oxygen atoms in total. The Labute approximate surface area is 120 Å². The van der Waals surface area contributed by atoms with Crippen LogP contribution in [0.2, 0.25) is 0 Å². The molecule has 0 amide bonds. The number of halogens is 3. The maximum absolute atomic E-state index is 12.0. The quantitative estimate of drug-likeness (QED) is 0.489. The lowest BCUT2D eigenvalue weighted by Gasteiger charge is -2.18. The van der Waals surface area contributed by atoms with Crippen molar-refractivity contribution >= 4 is 10.9 Å². The number of para-hydroxylation sites is 1. The van der Waals surface area contributed by atoms with Crippen molar-refractivity contribution in [3.05, 3.63) is 42.1 Å². The smallest absolute Gasteiger partial charge is 0.372 e. The van der Waals surface area contributed by atoms with Gasteiger partial charge in [0.15, 0.2) is 0 Å². The van der Waals surface area contributed by atoms with Gasteiger partial charge in [-0.1, -0.05) is 24.3 Å². The van der Waals surface area contributed by atoms with Gasteiger partial charge in [0.2, 0.25) is 0 Å². The Kier molecular flexibility index (Phi) is 5.11. The van der Waals surface area contributed by atoms with E-state index in [1.807, 2.05) is 30.3 Å². The van der Waals surface area contributed by atoms with Gasteiger partial charge < -0.3 is 4.74 Å². The lowest BCUT2D eigenvalue weighted by Crippen LogP contribution is -2.29. The molecule has 1 atom stereocenters. The number of hydrazine groups is 1. The van der Waals surface area contributed by atoms with Gasteiger partial charge in [-0.25, -0.2) is 0 Å². The van der Waals surface area contributed by atoms with Crippen LogP contribution in [0.1, 0.15) is 18.0 Å². The molecule has 0 aliphatic carbocycles. The summed E-state index contributed by atoms with van der Waals surface area (Å²) in [5, 5.41) is 0.950. The fraction of sp³-hybridized carbons (Fsp3) is 0.357. The molecule has 0 saturated carbocycles. The van der Waals surface area contributed by atoms with E-state index in [4.69, 9.17) is 5.84 Å². The minimum Gasteiger partial charge on any atom is -0.372 e. The molecule has 1 unspecified atom stereocenters. The number of rotatable bonds is 6. The van der Waals surface area contributed by atoms with Crippen molar-refractivity contribution < 1.29 is 17.9 Å². The minimum atomic E-state index is -4.31. The zero-order chi connectivity index (χ0) is 15.3. The van der Waals surface area contributed by atoms with Crippen molar-refractivity contribution in [3.63, 3.8) is 0 Å². The Morgan fingerprint density at radius 1 is 1.24 bits per heavy atom. The highest BCUT2D eigenvalue weighted by molar-refractivity contribution is 5.81. The Bertz CT molecular complexity index is 584. The summed E-state index contributed by atoms with van der Waals surface area (Å²) in [6, 6.07) is 9.05. The summed E-state index contributed by atoms with van der Waals surface area (Å²) in [4.78, 5) is 4.30. The Hall–Kier alpha value is -1.70. The Balaban J connectivity index is 2.06. The van der Waals surface area contributed by atoms with Crippen LogP contribution in [0.3, 0.4) is 0 Å². The summed E-state index contributed by atoms with van der Waals surface area (Å²) in [7, 11) is 0. The first-order chi connectivity index (χ1) is 10.0. The van der Waals surface area contributed by atoms with Crippen LogP contribution in [-0.2, 0) is 4.74 Å². The van der Waals surface area contributed by atoms with Gasteiger partial charge in [-0.2, -0.15) is 13.2 Å². The van der Waals surface area contributed by atoms with Gasteiger partial charge >= 0.3 is 6.18 Å². The van der Waals surface area contributed by atoms with Gasteiger partial charge in [-0.15, -0.1) is 0 Å². The fourth-order valence-corrected chi connectivity index (χ4v) is 2.13. The molecule has 0 saturated heterocycles. The predicted molar refractivity (Wildman–Crippen MR) is 73.3 cm³/mol. The number of nitrogens with two attached hydrogens (primary N) is 1. The maximum atomic E-state index is 12.0. The van der Waals surface area contributed by atoms with Gasteiger partial charge in [-0.05, 0) is 18.1 Å². The molecule has 114 valence electrons. The van der Waals surface area contributed by atoms with Crippen LogP contribution >= 0.6 is 0 Å². The van der Waals surface area contributed by atoms with Crippen LogP contribution in [-0.4, -0.2) is 24.4 Å². The van der Waals surface area contributed by atoms with Gasteiger partial charge in [0.1, 0.15) is 6.61 Å². The highest BCUT2D eigenvalue weighted by Crippen LogP contribution is 2.24. The normalized spacial score (nSPS) is 13.5. The van der Waals surface area contributed by atoms with Crippen molar-refractivity contribution in [1.29, 1.82) is 0 Å². The van der Waals surface area contributed by atoms with E-state index < -0.39 is 12.8 Å². The van der Waals surface area contributed by atoms with E-state index in [0.717, 1.165) is 16.5 Å². The van der Waals surface area contributed by atoms with Crippen molar-refractivity contribution in [3.8, 4) is 0 Å². The Morgan fingerprint density at radius 2 is 2.00 bits per heavy atom. The summed E-state index contributed by atoms with van der Waals surface area (Å²) >= 11 is 0. The van der Waals surface area contributed by atoms with Crippen molar-refractivity contribution in [2.45, 2.75) is 18.6 Å². The number of hydrogen-bond donors (Lipinski definition) is 2. The second-order valence-electron chi connectivity index (χ2n) is 4.60. The van der Waals surface area contributed by atoms with Crippen LogP contribution in [0.15, 0.2) is 36.5 Å². The number of hydrogen-bond acceptors (Lipinski definition) is 4. The highest BCUT2D eigenvalue weighted by atomic mass is 19.4. The highest BCUT2D eigenvalue weighted by Gasteiger charge is 2.27. The number of benzene rings is 1. The van der Waals surface area contributed by atoms with Crippen LogP contribution < -0.4 is 11.3 Å². The molecule has 0 aliphatic heterocycles. The number of aromatic nitrogens is 1. The zero-order valence-electron chi connectivity index (χ0n) is 11.2. The average molecular weight is 299 g/mol. The third-order valence-corrected chi connectivity index (χ3v) is 3.06. The van der Waals surface area contributed by atoms with Crippen molar-refractivity contribution in [2.75, 3.05) is 13.2 Å². The second kappa shape index (κ2) is 6.84. The first kappa shape index (κ1) is 15.7. The molecule has 1 aromatic heterocycles. The molecular weight excluding hydrogens is 283 g/mol. The van der Waals surface area contributed by atoms with Crippen LogP contribution in [0.5, 0.6) is 0 Å².